The minimum absolute atomic E-state index is 0.0789. The van der Waals surface area contributed by atoms with Gasteiger partial charge in [-0.1, -0.05) is 35.9 Å². The Balaban J connectivity index is 1.47. The molecular weight excluding hydrogens is 502 g/mol. The van der Waals surface area contributed by atoms with Crippen LogP contribution in [0.3, 0.4) is 0 Å². The van der Waals surface area contributed by atoms with Crippen LogP contribution in [0, 0.1) is 6.92 Å². The number of hydrogen-bond acceptors (Lipinski definition) is 5. The number of anilines is 1. The average Bonchev–Trinajstić information content (AvgIpc) is 3.44. The number of fused-ring (bicyclic) bond motifs is 4. The summed E-state index contributed by atoms with van der Waals surface area (Å²) < 4.78 is 5.60. The van der Waals surface area contributed by atoms with E-state index in [1.165, 1.54) is 0 Å². The van der Waals surface area contributed by atoms with Crippen LogP contribution in [0.2, 0.25) is 5.02 Å². The third kappa shape index (κ3) is 3.83. The number of aromatic nitrogens is 1. The maximum absolute atomic E-state index is 13.3. The van der Waals surface area contributed by atoms with Crippen molar-refractivity contribution >= 4 is 29.1 Å². The van der Waals surface area contributed by atoms with Crippen LogP contribution in [-0.2, 0) is 13.0 Å². The highest BCUT2D eigenvalue weighted by Gasteiger charge is 2.32. The molecular formula is C30H24ClN3O4. The van der Waals surface area contributed by atoms with Gasteiger partial charge in [-0.25, -0.2) is 0 Å². The number of rotatable bonds is 6. The van der Waals surface area contributed by atoms with Gasteiger partial charge < -0.3 is 20.5 Å². The molecule has 0 saturated carbocycles. The molecule has 0 spiro atoms. The molecule has 38 heavy (non-hydrogen) atoms. The van der Waals surface area contributed by atoms with Gasteiger partial charge in [0, 0.05) is 34.5 Å². The largest absolute Gasteiger partial charge is 0.491 e. The lowest BCUT2D eigenvalue weighted by Gasteiger charge is -2.22. The molecule has 0 bridgehead atoms. The van der Waals surface area contributed by atoms with E-state index in [0.29, 0.717) is 29.3 Å². The molecule has 1 aliphatic carbocycles. The van der Waals surface area contributed by atoms with E-state index in [0.717, 1.165) is 50.2 Å². The Morgan fingerprint density at radius 1 is 1.08 bits per heavy atom. The molecule has 2 amide bonds. The normalized spacial score (nSPS) is 13.3. The third-order valence-corrected chi connectivity index (χ3v) is 7.48. The summed E-state index contributed by atoms with van der Waals surface area (Å²) in [7, 11) is 0. The highest BCUT2D eigenvalue weighted by atomic mass is 35.5. The highest BCUT2D eigenvalue weighted by molar-refractivity contribution is 6.31. The van der Waals surface area contributed by atoms with E-state index in [2.05, 4.69) is 4.98 Å². The number of aliphatic hydroxyl groups is 1. The Morgan fingerprint density at radius 2 is 1.92 bits per heavy atom. The first-order chi connectivity index (χ1) is 18.4. The van der Waals surface area contributed by atoms with Crippen molar-refractivity contribution in [2.45, 2.75) is 19.9 Å². The molecule has 4 aromatic rings. The molecule has 190 valence electrons. The molecule has 0 saturated heterocycles. The fourth-order valence-corrected chi connectivity index (χ4v) is 5.70. The van der Waals surface area contributed by atoms with Crippen molar-refractivity contribution in [3.63, 3.8) is 0 Å². The van der Waals surface area contributed by atoms with Crippen molar-refractivity contribution in [2.24, 2.45) is 5.73 Å². The minimum atomic E-state index is -0.582. The number of aliphatic hydroxyl groups excluding tert-OH is 1. The molecule has 3 N–H and O–H groups in total. The summed E-state index contributed by atoms with van der Waals surface area (Å²) in [5.41, 5.74) is 14.6. The summed E-state index contributed by atoms with van der Waals surface area (Å²) in [6.45, 7) is 2.57. The van der Waals surface area contributed by atoms with E-state index in [4.69, 9.17) is 27.2 Å². The maximum atomic E-state index is 13.3. The first kappa shape index (κ1) is 24.2. The van der Waals surface area contributed by atoms with Crippen LogP contribution >= 0.6 is 11.6 Å². The summed E-state index contributed by atoms with van der Waals surface area (Å²) in [5, 5.41) is 9.65. The van der Waals surface area contributed by atoms with Crippen LogP contribution in [0.15, 0.2) is 60.8 Å². The molecule has 2 heterocycles. The number of primary amides is 1. The van der Waals surface area contributed by atoms with Crippen LogP contribution in [0.1, 0.15) is 43.1 Å². The molecule has 1 aromatic heterocycles. The van der Waals surface area contributed by atoms with E-state index < -0.39 is 5.91 Å². The Morgan fingerprint density at radius 3 is 2.71 bits per heavy atom. The smallest absolute Gasteiger partial charge is 0.267 e. The molecule has 3 aromatic carbocycles. The number of halogens is 1. The summed E-state index contributed by atoms with van der Waals surface area (Å²) in [5.74, 6) is -0.0241. The van der Waals surface area contributed by atoms with Gasteiger partial charge in [0.15, 0.2) is 0 Å². The van der Waals surface area contributed by atoms with Crippen LogP contribution in [-0.4, -0.2) is 35.1 Å². The van der Waals surface area contributed by atoms with Crippen molar-refractivity contribution in [3.05, 3.63) is 99.3 Å². The van der Waals surface area contributed by atoms with E-state index in [9.17, 15) is 9.59 Å². The van der Waals surface area contributed by atoms with Gasteiger partial charge in [0.25, 0.3) is 11.8 Å². The number of ether oxygens (including phenoxy) is 1. The van der Waals surface area contributed by atoms with Crippen LogP contribution in [0.25, 0.3) is 22.3 Å². The maximum Gasteiger partial charge on any atom is 0.267 e. The average molecular weight is 526 g/mol. The summed E-state index contributed by atoms with van der Waals surface area (Å²) in [4.78, 5) is 31.8. The predicted octanol–water partition coefficient (Wildman–Crippen LogP) is 4.91. The van der Waals surface area contributed by atoms with E-state index >= 15 is 0 Å². The molecule has 6 rings (SSSR count). The fraction of sp³-hybridized carbons (Fsp3) is 0.167. The molecule has 0 fully saturated rings. The minimum Gasteiger partial charge on any atom is -0.491 e. The van der Waals surface area contributed by atoms with Gasteiger partial charge in [0.05, 0.1) is 13.2 Å². The van der Waals surface area contributed by atoms with Gasteiger partial charge in [-0.05, 0) is 76.2 Å². The lowest BCUT2D eigenvalue weighted by atomic mass is 9.91. The zero-order valence-corrected chi connectivity index (χ0v) is 21.4. The van der Waals surface area contributed by atoms with Gasteiger partial charge in [-0.2, -0.15) is 0 Å². The topological polar surface area (TPSA) is 106 Å². The number of carbonyl (C=O) groups is 2. The quantitative estimate of drug-likeness (QED) is 0.327. The van der Waals surface area contributed by atoms with Gasteiger partial charge in [0.1, 0.15) is 18.1 Å². The highest BCUT2D eigenvalue weighted by Crippen LogP contribution is 2.46. The number of benzene rings is 3. The van der Waals surface area contributed by atoms with Crippen molar-refractivity contribution in [3.8, 4) is 28.0 Å². The van der Waals surface area contributed by atoms with Gasteiger partial charge in [-0.3, -0.25) is 14.6 Å². The number of nitrogens with two attached hydrogens (primary N) is 1. The number of carbonyl (C=O) groups excluding carboxylic acids is 2. The number of amides is 2. The van der Waals surface area contributed by atoms with Crippen molar-refractivity contribution < 1.29 is 19.4 Å². The van der Waals surface area contributed by atoms with Crippen molar-refractivity contribution in [1.82, 2.24) is 4.98 Å². The lowest BCUT2D eigenvalue weighted by Crippen LogP contribution is -2.24. The van der Waals surface area contributed by atoms with Crippen LogP contribution < -0.4 is 15.4 Å². The van der Waals surface area contributed by atoms with Crippen molar-refractivity contribution in [2.75, 3.05) is 18.1 Å². The summed E-state index contributed by atoms with van der Waals surface area (Å²) in [6, 6.07) is 17.0. The Kier molecular flexibility index (Phi) is 5.90. The Hall–Kier alpha value is -4.20. The SMILES string of the molecule is Cc1c(-c2cnc(C(N)=O)c3c2-c2ccc(OCCO)cc2C3)cccc1N1Cc2ccc(Cl)cc2C1=O. The molecule has 1 aliphatic heterocycles. The van der Waals surface area contributed by atoms with E-state index in [-0.39, 0.29) is 24.8 Å². The van der Waals surface area contributed by atoms with Gasteiger partial charge >= 0.3 is 0 Å². The first-order valence-electron chi connectivity index (χ1n) is 12.3. The number of nitrogens with zero attached hydrogens (tertiary/aromatic N) is 2. The molecule has 0 unspecified atom stereocenters. The second-order valence-electron chi connectivity index (χ2n) is 9.45. The second kappa shape index (κ2) is 9.28. The van der Waals surface area contributed by atoms with E-state index in [1.807, 2.05) is 49.4 Å². The van der Waals surface area contributed by atoms with Crippen LogP contribution in [0.5, 0.6) is 5.75 Å². The lowest BCUT2D eigenvalue weighted by molar-refractivity contribution is 0.0987. The van der Waals surface area contributed by atoms with E-state index in [1.54, 1.807) is 23.2 Å². The standard InChI is InChI=1S/C30H24ClN3O4/c1-16-21(3-2-4-26(16)34-15-17-5-6-19(31)13-23(17)30(34)37)25-14-33-28(29(32)36)24-12-18-11-20(38-10-9-35)7-8-22(18)27(24)25/h2-8,11,13-14,35H,9-10,12,15H2,1H3,(H2,32,36). The fourth-order valence-electron chi connectivity index (χ4n) is 5.53. The molecule has 7 nitrogen and oxygen atoms in total. The van der Waals surface area contributed by atoms with Crippen molar-refractivity contribution in [1.29, 1.82) is 0 Å². The summed E-state index contributed by atoms with van der Waals surface area (Å²) >= 11 is 6.15. The van der Waals surface area contributed by atoms with Crippen LogP contribution in [0.4, 0.5) is 5.69 Å². The number of hydrogen-bond donors (Lipinski definition) is 2. The van der Waals surface area contributed by atoms with Gasteiger partial charge in [0.2, 0.25) is 0 Å². The van der Waals surface area contributed by atoms with Gasteiger partial charge in [-0.15, -0.1) is 0 Å². The monoisotopic (exact) mass is 525 g/mol. The summed E-state index contributed by atoms with van der Waals surface area (Å²) in [6.07, 6.45) is 2.18. The molecule has 0 atom stereocenters. The molecule has 0 radical (unpaired) electrons. The zero-order valence-electron chi connectivity index (χ0n) is 20.6. The number of pyridine rings is 1. The second-order valence-corrected chi connectivity index (χ2v) is 9.88. The molecule has 2 aliphatic rings. The Labute approximate surface area is 224 Å². The third-order valence-electron chi connectivity index (χ3n) is 7.25. The zero-order chi connectivity index (χ0) is 26.6. The Bertz CT molecular complexity index is 1650. The first-order valence-corrected chi connectivity index (χ1v) is 12.6. The molecule has 8 heteroatoms. The predicted molar refractivity (Wildman–Crippen MR) is 146 cm³/mol.